The molecule has 0 aromatic rings. The summed E-state index contributed by atoms with van der Waals surface area (Å²) in [7, 11) is 0. The molecule has 0 aromatic heterocycles. The molecule has 1 aliphatic rings. The molecule has 13 heavy (non-hydrogen) atoms. The van der Waals surface area contributed by atoms with Gasteiger partial charge < -0.3 is 4.90 Å². The van der Waals surface area contributed by atoms with E-state index in [4.69, 9.17) is 0 Å². The largest absolute Gasteiger partial charge is 0.374 e. The zero-order valence-corrected chi connectivity index (χ0v) is 9.51. The SMILES string of the molecule is CCC1N(CC)C=CC1(CC)CC. The van der Waals surface area contributed by atoms with Gasteiger partial charge in [-0.15, -0.1) is 0 Å². The second-order valence-corrected chi connectivity index (χ2v) is 4.01. The van der Waals surface area contributed by atoms with Gasteiger partial charge in [-0.25, -0.2) is 0 Å². The van der Waals surface area contributed by atoms with Gasteiger partial charge in [0.15, 0.2) is 0 Å². The smallest absolute Gasteiger partial charge is 0.0372 e. The van der Waals surface area contributed by atoms with Crippen LogP contribution >= 0.6 is 0 Å². The Bertz CT molecular complexity index is 180. The van der Waals surface area contributed by atoms with E-state index in [0.29, 0.717) is 5.41 Å². The van der Waals surface area contributed by atoms with Crippen LogP contribution in [0.4, 0.5) is 0 Å². The molecule has 0 radical (unpaired) electrons. The van der Waals surface area contributed by atoms with Crippen molar-refractivity contribution in [3.63, 3.8) is 0 Å². The quantitative estimate of drug-likeness (QED) is 0.642. The topological polar surface area (TPSA) is 3.24 Å². The second kappa shape index (κ2) is 4.17. The summed E-state index contributed by atoms with van der Waals surface area (Å²) in [6.45, 7) is 10.3. The molecule has 1 heterocycles. The molecule has 0 spiro atoms. The van der Waals surface area contributed by atoms with E-state index < -0.39 is 0 Å². The van der Waals surface area contributed by atoms with Crippen molar-refractivity contribution in [2.45, 2.75) is 53.0 Å². The monoisotopic (exact) mass is 181 g/mol. The Labute approximate surface area is 82.8 Å². The van der Waals surface area contributed by atoms with Crippen molar-refractivity contribution in [1.82, 2.24) is 4.90 Å². The Morgan fingerprint density at radius 1 is 1.15 bits per heavy atom. The van der Waals surface area contributed by atoms with Gasteiger partial charge in [-0.1, -0.05) is 26.8 Å². The van der Waals surface area contributed by atoms with Gasteiger partial charge in [-0.3, -0.25) is 0 Å². The zero-order valence-electron chi connectivity index (χ0n) is 9.51. The third kappa shape index (κ3) is 1.61. The molecular weight excluding hydrogens is 158 g/mol. The van der Waals surface area contributed by atoms with E-state index in [0.717, 1.165) is 12.6 Å². The minimum atomic E-state index is 0.463. The molecule has 0 amide bonds. The van der Waals surface area contributed by atoms with E-state index in [1.807, 2.05) is 0 Å². The average Bonchev–Trinajstić information content (AvgIpc) is 2.55. The Balaban J connectivity index is 2.82. The molecule has 0 bridgehead atoms. The molecule has 1 nitrogen and oxygen atoms in total. The first-order valence-electron chi connectivity index (χ1n) is 5.69. The second-order valence-electron chi connectivity index (χ2n) is 4.01. The van der Waals surface area contributed by atoms with Crippen LogP contribution in [0.15, 0.2) is 12.3 Å². The molecule has 1 atom stereocenters. The van der Waals surface area contributed by atoms with Crippen LogP contribution in [-0.4, -0.2) is 17.5 Å². The molecule has 76 valence electrons. The lowest BCUT2D eigenvalue weighted by Gasteiger charge is -2.37. The Morgan fingerprint density at radius 3 is 2.15 bits per heavy atom. The van der Waals surface area contributed by atoms with Crippen molar-refractivity contribution in [2.24, 2.45) is 5.41 Å². The predicted octanol–water partition coefficient (Wildman–Crippen LogP) is 3.42. The minimum absolute atomic E-state index is 0.463. The molecule has 1 heteroatoms. The maximum absolute atomic E-state index is 2.49. The van der Waals surface area contributed by atoms with Crippen molar-refractivity contribution in [3.8, 4) is 0 Å². The maximum atomic E-state index is 2.49. The number of hydrogen-bond acceptors (Lipinski definition) is 1. The van der Waals surface area contributed by atoms with E-state index in [2.05, 4.69) is 44.9 Å². The van der Waals surface area contributed by atoms with Crippen molar-refractivity contribution in [3.05, 3.63) is 12.3 Å². The van der Waals surface area contributed by atoms with Gasteiger partial charge in [0.2, 0.25) is 0 Å². The summed E-state index contributed by atoms with van der Waals surface area (Å²) >= 11 is 0. The molecule has 0 aromatic carbocycles. The minimum Gasteiger partial charge on any atom is -0.374 e. The molecule has 0 aliphatic carbocycles. The van der Waals surface area contributed by atoms with Crippen LogP contribution in [0, 0.1) is 5.41 Å². The number of rotatable bonds is 4. The molecule has 0 N–H and O–H groups in total. The zero-order chi connectivity index (χ0) is 9.90. The third-order valence-corrected chi connectivity index (χ3v) is 3.73. The highest BCUT2D eigenvalue weighted by molar-refractivity contribution is 5.12. The molecule has 0 saturated carbocycles. The lowest BCUT2D eigenvalue weighted by molar-refractivity contribution is 0.162. The summed E-state index contributed by atoms with van der Waals surface area (Å²) in [4.78, 5) is 2.49. The van der Waals surface area contributed by atoms with E-state index in [1.165, 1.54) is 19.3 Å². The summed E-state index contributed by atoms with van der Waals surface area (Å²) in [6.07, 6.45) is 8.55. The van der Waals surface area contributed by atoms with Gasteiger partial charge in [0.1, 0.15) is 0 Å². The average molecular weight is 181 g/mol. The first kappa shape index (κ1) is 10.6. The fourth-order valence-corrected chi connectivity index (χ4v) is 2.71. The van der Waals surface area contributed by atoms with Gasteiger partial charge in [0.25, 0.3) is 0 Å². The normalized spacial score (nSPS) is 25.5. The highest BCUT2D eigenvalue weighted by Crippen LogP contribution is 2.41. The van der Waals surface area contributed by atoms with E-state index >= 15 is 0 Å². The van der Waals surface area contributed by atoms with Gasteiger partial charge in [0, 0.05) is 18.0 Å². The summed E-state index contributed by atoms with van der Waals surface area (Å²) in [6, 6.07) is 0.743. The Kier molecular flexibility index (Phi) is 3.40. The fourth-order valence-electron chi connectivity index (χ4n) is 2.71. The van der Waals surface area contributed by atoms with Crippen LogP contribution in [0.3, 0.4) is 0 Å². The number of hydrogen-bond donors (Lipinski definition) is 0. The lowest BCUT2D eigenvalue weighted by atomic mass is 9.76. The van der Waals surface area contributed by atoms with Crippen molar-refractivity contribution < 1.29 is 0 Å². The molecule has 1 aliphatic heterocycles. The van der Waals surface area contributed by atoms with E-state index in [9.17, 15) is 0 Å². The van der Waals surface area contributed by atoms with Gasteiger partial charge in [-0.2, -0.15) is 0 Å². The van der Waals surface area contributed by atoms with Crippen molar-refractivity contribution in [1.29, 1.82) is 0 Å². The van der Waals surface area contributed by atoms with E-state index in [1.54, 1.807) is 0 Å². The van der Waals surface area contributed by atoms with Crippen LogP contribution in [0.2, 0.25) is 0 Å². The van der Waals surface area contributed by atoms with E-state index in [-0.39, 0.29) is 0 Å². The summed E-state index contributed by atoms with van der Waals surface area (Å²) in [5.74, 6) is 0. The molecule has 1 unspecified atom stereocenters. The highest BCUT2D eigenvalue weighted by Gasteiger charge is 2.38. The molecule has 0 fully saturated rings. The summed E-state index contributed by atoms with van der Waals surface area (Å²) < 4.78 is 0. The first-order valence-corrected chi connectivity index (χ1v) is 5.69. The van der Waals surface area contributed by atoms with Crippen LogP contribution < -0.4 is 0 Å². The van der Waals surface area contributed by atoms with Crippen LogP contribution in [-0.2, 0) is 0 Å². The summed E-state index contributed by atoms with van der Waals surface area (Å²) in [5, 5.41) is 0. The summed E-state index contributed by atoms with van der Waals surface area (Å²) in [5.41, 5.74) is 0.463. The van der Waals surface area contributed by atoms with Gasteiger partial charge >= 0.3 is 0 Å². The first-order chi connectivity index (χ1) is 6.24. The van der Waals surface area contributed by atoms with Crippen LogP contribution in [0.1, 0.15) is 47.0 Å². The maximum Gasteiger partial charge on any atom is 0.0372 e. The standard InChI is InChI=1S/C12H23N/c1-5-11-12(6-2,7-3)9-10-13(11)8-4/h9-11H,5-8H2,1-4H3. The van der Waals surface area contributed by atoms with Crippen molar-refractivity contribution >= 4 is 0 Å². The molecule has 1 rings (SSSR count). The van der Waals surface area contributed by atoms with Crippen LogP contribution in [0.5, 0.6) is 0 Å². The third-order valence-electron chi connectivity index (χ3n) is 3.73. The predicted molar refractivity (Wildman–Crippen MR) is 58.6 cm³/mol. The lowest BCUT2D eigenvalue weighted by Crippen LogP contribution is -2.38. The van der Waals surface area contributed by atoms with Gasteiger partial charge in [-0.05, 0) is 32.4 Å². The molecular formula is C12H23N. The fraction of sp³-hybridized carbons (Fsp3) is 0.833. The number of nitrogens with zero attached hydrogens (tertiary/aromatic N) is 1. The Morgan fingerprint density at radius 2 is 1.77 bits per heavy atom. The highest BCUT2D eigenvalue weighted by atomic mass is 15.2. The van der Waals surface area contributed by atoms with Crippen molar-refractivity contribution in [2.75, 3.05) is 6.54 Å². The Hall–Kier alpha value is -0.460. The van der Waals surface area contributed by atoms with Gasteiger partial charge in [0.05, 0.1) is 0 Å². The molecule has 0 saturated heterocycles. The van der Waals surface area contributed by atoms with Crippen LogP contribution in [0.25, 0.3) is 0 Å².